The fraction of sp³-hybridized carbons (Fsp3) is 0.462. The van der Waals surface area contributed by atoms with Crippen molar-refractivity contribution in [2.75, 3.05) is 14.2 Å². The maximum atomic E-state index is 10.9. The molecule has 0 saturated heterocycles. The minimum atomic E-state index is -0.376. The number of hydrogen-bond donors (Lipinski definition) is 0. The minimum absolute atomic E-state index is 0.0290. The largest absolute Gasteiger partial charge is 0.497 e. The van der Waals surface area contributed by atoms with Gasteiger partial charge in [0, 0.05) is 25.4 Å². The Kier molecular flexibility index (Phi) is 3.45. The number of fused-ring (bicyclic) bond motifs is 1. The van der Waals surface area contributed by atoms with Crippen LogP contribution in [0, 0.1) is 5.92 Å². The first-order valence-corrected chi connectivity index (χ1v) is 5.52. The van der Waals surface area contributed by atoms with Gasteiger partial charge in [-0.25, -0.2) is 0 Å². The molecule has 0 amide bonds. The molecule has 17 heavy (non-hydrogen) atoms. The molecule has 1 heterocycles. The monoisotopic (exact) mass is 236 g/mol. The number of ether oxygens (including phenoxy) is 3. The van der Waals surface area contributed by atoms with Gasteiger partial charge in [-0.3, -0.25) is 4.79 Å². The summed E-state index contributed by atoms with van der Waals surface area (Å²) in [4.78, 5) is 10.9. The lowest BCUT2D eigenvalue weighted by atomic mass is 9.86. The van der Waals surface area contributed by atoms with Crippen molar-refractivity contribution < 1.29 is 19.0 Å². The summed E-state index contributed by atoms with van der Waals surface area (Å²) >= 11 is 0. The van der Waals surface area contributed by atoms with Gasteiger partial charge in [0.15, 0.2) is 12.6 Å². The predicted molar refractivity (Wildman–Crippen MR) is 62.2 cm³/mol. The number of hydrogen-bond acceptors (Lipinski definition) is 4. The molecule has 2 unspecified atom stereocenters. The minimum Gasteiger partial charge on any atom is -0.497 e. The molecule has 0 aromatic carbocycles. The highest BCUT2D eigenvalue weighted by molar-refractivity contribution is 5.86. The number of aldehydes is 1. The second kappa shape index (κ2) is 4.85. The SMILES string of the molecule is COC(OC)C1C2=CC=C(C=O)C2=COC1C. The Hall–Kier alpha value is -1.39. The standard InChI is InChI=1S/C13H16O4/c1-8-12(13(15-2)16-3)10-5-4-9(6-14)11(10)7-17-8/h4-8,12-13H,1-3H3. The van der Waals surface area contributed by atoms with E-state index < -0.39 is 0 Å². The van der Waals surface area contributed by atoms with Gasteiger partial charge >= 0.3 is 0 Å². The fourth-order valence-corrected chi connectivity index (χ4v) is 2.33. The van der Waals surface area contributed by atoms with Crippen LogP contribution in [0.2, 0.25) is 0 Å². The summed E-state index contributed by atoms with van der Waals surface area (Å²) in [5.41, 5.74) is 2.52. The second-order valence-corrected chi connectivity index (χ2v) is 4.10. The molecule has 0 spiro atoms. The number of methoxy groups -OCH3 is 2. The van der Waals surface area contributed by atoms with Crippen molar-refractivity contribution >= 4 is 6.29 Å². The topological polar surface area (TPSA) is 44.8 Å². The third kappa shape index (κ3) is 1.94. The normalized spacial score (nSPS) is 26.9. The molecule has 0 aromatic rings. The van der Waals surface area contributed by atoms with Crippen LogP contribution in [-0.4, -0.2) is 32.9 Å². The van der Waals surface area contributed by atoms with Crippen molar-refractivity contribution in [2.24, 2.45) is 5.92 Å². The number of rotatable bonds is 4. The molecule has 2 aliphatic rings. The van der Waals surface area contributed by atoms with Gasteiger partial charge in [0.25, 0.3) is 0 Å². The molecule has 2 rings (SSSR count). The van der Waals surface area contributed by atoms with E-state index in [0.717, 1.165) is 17.4 Å². The maximum absolute atomic E-state index is 10.9. The Balaban J connectivity index is 2.31. The lowest BCUT2D eigenvalue weighted by Crippen LogP contribution is -2.37. The summed E-state index contributed by atoms with van der Waals surface area (Å²) in [7, 11) is 3.20. The first-order valence-electron chi connectivity index (χ1n) is 5.52. The van der Waals surface area contributed by atoms with Gasteiger partial charge in [0.1, 0.15) is 6.10 Å². The smallest absolute Gasteiger partial charge is 0.167 e. The van der Waals surface area contributed by atoms with E-state index in [0.29, 0.717) is 5.57 Å². The molecule has 2 atom stereocenters. The summed E-state index contributed by atoms with van der Waals surface area (Å²) in [6, 6.07) is 0. The van der Waals surface area contributed by atoms with Crippen LogP contribution >= 0.6 is 0 Å². The molecule has 0 radical (unpaired) electrons. The molecule has 1 aliphatic carbocycles. The maximum Gasteiger partial charge on any atom is 0.167 e. The van der Waals surface area contributed by atoms with Crippen molar-refractivity contribution in [3.05, 3.63) is 35.1 Å². The van der Waals surface area contributed by atoms with Crippen LogP contribution in [0.3, 0.4) is 0 Å². The summed E-state index contributed by atoms with van der Waals surface area (Å²) in [5, 5.41) is 0. The summed E-state index contributed by atoms with van der Waals surface area (Å²) in [6.45, 7) is 1.96. The van der Waals surface area contributed by atoms with Gasteiger partial charge in [-0.15, -0.1) is 0 Å². The van der Waals surface area contributed by atoms with Crippen LogP contribution in [0.4, 0.5) is 0 Å². The molecular weight excluding hydrogens is 220 g/mol. The first kappa shape index (κ1) is 12.1. The average Bonchev–Trinajstić information content (AvgIpc) is 2.76. The zero-order chi connectivity index (χ0) is 12.4. The average molecular weight is 236 g/mol. The third-order valence-electron chi connectivity index (χ3n) is 3.21. The Morgan fingerprint density at radius 1 is 1.35 bits per heavy atom. The molecular formula is C13H16O4. The zero-order valence-corrected chi connectivity index (χ0v) is 10.2. The predicted octanol–water partition coefficient (Wildman–Crippen LogP) is 1.59. The van der Waals surface area contributed by atoms with Gasteiger partial charge in [-0.1, -0.05) is 12.2 Å². The van der Waals surface area contributed by atoms with E-state index in [2.05, 4.69) is 0 Å². The van der Waals surface area contributed by atoms with Crippen molar-refractivity contribution in [1.82, 2.24) is 0 Å². The van der Waals surface area contributed by atoms with Gasteiger partial charge < -0.3 is 14.2 Å². The Morgan fingerprint density at radius 2 is 2.06 bits per heavy atom. The highest BCUT2D eigenvalue weighted by atomic mass is 16.7. The molecule has 92 valence electrons. The molecule has 4 heteroatoms. The number of carbonyl (C=O) groups excluding carboxylic acids is 1. The Morgan fingerprint density at radius 3 is 2.65 bits per heavy atom. The molecule has 4 nitrogen and oxygen atoms in total. The van der Waals surface area contributed by atoms with Crippen molar-refractivity contribution in [1.29, 1.82) is 0 Å². The van der Waals surface area contributed by atoms with Crippen molar-refractivity contribution in [2.45, 2.75) is 19.3 Å². The van der Waals surface area contributed by atoms with Crippen molar-refractivity contribution in [3.63, 3.8) is 0 Å². The molecule has 1 aliphatic heterocycles. The van der Waals surface area contributed by atoms with Gasteiger partial charge in [0.05, 0.1) is 12.2 Å². The van der Waals surface area contributed by atoms with Crippen LogP contribution in [0.5, 0.6) is 0 Å². The van der Waals surface area contributed by atoms with Gasteiger partial charge in [0.2, 0.25) is 0 Å². The first-order chi connectivity index (χ1) is 8.22. The number of carbonyl (C=O) groups is 1. The van der Waals surface area contributed by atoms with E-state index in [-0.39, 0.29) is 18.3 Å². The summed E-state index contributed by atoms with van der Waals surface area (Å²) in [5.74, 6) is -0.0290. The lowest BCUT2D eigenvalue weighted by Gasteiger charge is -2.34. The molecule has 0 saturated carbocycles. The molecule has 0 aromatic heterocycles. The summed E-state index contributed by atoms with van der Waals surface area (Å²) in [6.07, 6.45) is 5.78. The Bertz CT molecular complexity index is 402. The molecule has 0 N–H and O–H groups in total. The fourth-order valence-electron chi connectivity index (χ4n) is 2.33. The van der Waals surface area contributed by atoms with Crippen LogP contribution in [0.25, 0.3) is 0 Å². The lowest BCUT2D eigenvalue weighted by molar-refractivity contribution is -0.151. The van der Waals surface area contributed by atoms with Crippen LogP contribution in [0.1, 0.15) is 6.92 Å². The van der Waals surface area contributed by atoms with E-state index in [1.807, 2.05) is 13.0 Å². The van der Waals surface area contributed by atoms with E-state index in [4.69, 9.17) is 14.2 Å². The van der Waals surface area contributed by atoms with E-state index >= 15 is 0 Å². The van der Waals surface area contributed by atoms with Crippen molar-refractivity contribution in [3.8, 4) is 0 Å². The quantitative estimate of drug-likeness (QED) is 0.549. The Labute approximate surface area is 101 Å². The molecule has 0 fully saturated rings. The van der Waals surface area contributed by atoms with Gasteiger partial charge in [-0.05, 0) is 12.5 Å². The van der Waals surface area contributed by atoms with E-state index in [1.54, 1.807) is 26.6 Å². The molecule has 0 bridgehead atoms. The highest BCUT2D eigenvalue weighted by Gasteiger charge is 2.38. The zero-order valence-electron chi connectivity index (χ0n) is 10.2. The van der Waals surface area contributed by atoms with Gasteiger partial charge in [-0.2, -0.15) is 0 Å². The van der Waals surface area contributed by atoms with Crippen LogP contribution < -0.4 is 0 Å². The summed E-state index contributed by atoms with van der Waals surface area (Å²) < 4.78 is 16.2. The number of allylic oxidation sites excluding steroid dienone is 4. The highest BCUT2D eigenvalue weighted by Crippen LogP contribution is 2.39. The second-order valence-electron chi connectivity index (χ2n) is 4.10. The van der Waals surface area contributed by atoms with E-state index in [9.17, 15) is 4.79 Å². The van der Waals surface area contributed by atoms with Crippen LogP contribution in [-0.2, 0) is 19.0 Å². The van der Waals surface area contributed by atoms with E-state index in [1.165, 1.54) is 0 Å². The van der Waals surface area contributed by atoms with Crippen LogP contribution in [0.15, 0.2) is 35.1 Å². The third-order valence-corrected chi connectivity index (χ3v) is 3.21.